The van der Waals surface area contributed by atoms with Crippen LogP contribution in [0, 0.1) is 6.92 Å². The third-order valence-corrected chi connectivity index (χ3v) is 4.44. The Kier molecular flexibility index (Phi) is 5.35. The minimum absolute atomic E-state index is 0.256. The molecule has 0 saturated heterocycles. The molecule has 0 bridgehead atoms. The SMILES string of the molecule is CCNC(C)(CSc1nc(C)ns1)C(=O)OC. The molecule has 7 heteroatoms. The van der Waals surface area contributed by atoms with E-state index < -0.39 is 5.54 Å². The first-order valence-corrected chi connectivity index (χ1v) is 7.04. The quantitative estimate of drug-likeness (QED) is 0.627. The molecule has 96 valence electrons. The second kappa shape index (κ2) is 6.32. The number of nitrogens with zero attached hydrogens (tertiary/aromatic N) is 2. The lowest BCUT2D eigenvalue weighted by Gasteiger charge is -2.26. The fraction of sp³-hybridized carbons (Fsp3) is 0.700. The number of esters is 1. The minimum Gasteiger partial charge on any atom is -0.468 e. The monoisotopic (exact) mass is 275 g/mol. The van der Waals surface area contributed by atoms with Crippen LogP contribution in [0.3, 0.4) is 0 Å². The van der Waals surface area contributed by atoms with E-state index in [9.17, 15) is 4.79 Å². The maximum atomic E-state index is 11.7. The summed E-state index contributed by atoms with van der Waals surface area (Å²) in [5.41, 5.74) is -0.687. The Morgan fingerprint density at radius 3 is 2.82 bits per heavy atom. The highest BCUT2D eigenvalue weighted by atomic mass is 32.2. The van der Waals surface area contributed by atoms with Gasteiger partial charge >= 0.3 is 5.97 Å². The van der Waals surface area contributed by atoms with Crippen LogP contribution >= 0.6 is 23.3 Å². The van der Waals surface area contributed by atoms with E-state index in [4.69, 9.17) is 4.74 Å². The van der Waals surface area contributed by atoms with Gasteiger partial charge in [-0.15, -0.1) is 0 Å². The number of thioether (sulfide) groups is 1. The molecule has 0 radical (unpaired) electrons. The largest absolute Gasteiger partial charge is 0.468 e. The molecule has 1 heterocycles. The molecule has 5 nitrogen and oxygen atoms in total. The van der Waals surface area contributed by atoms with E-state index in [2.05, 4.69) is 14.7 Å². The van der Waals surface area contributed by atoms with Crippen molar-refractivity contribution in [3.63, 3.8) is 0 Å². The van der Waals surface area contributed by atoms with Crippen molar-refractivity contribution in [2.24, 2.45) is 0 Å². The minimum atomic E-state index is -0.687. The summed E-state index contributed by atoms with van der Waals surface area (Å²) in [6, 6.07) is 0. The Morgan fingerprint density at radius 2 is 2.35 bits per heavy atom. The van der Waals surface area contributed by atoms with E-state index in [1.165, 1.54) is 30.4 Å². The van der Waals surface area contributed by atoms with E-state index in [0.717, 1.165) is 10.2 Å². The van der Waals surface area contributed by atoms with Gasteiger partial charge in [-0.1, -0.05) is 18.7 Å². The predicted octanol–water partition coefficient (Wildman–Crippen LogP) is 1.48. The van der Waals surface area contributed by atoms with Crippen molar-refractivity contribution < 1.29 is 9.53 Å². The Balaban J connectivity index is 2.64. The number of ether oxygens (including phenoxy) is 1. The van der Waals surface area contributed by atoms with Gasteiger partial charge in [0, 0.05) is 5.75 Å². The maximum absolute atomic E-state index is 11.7. The third kappa shape index (κ3) is 3.93. The zero-order chi connectivity index (χ0) is 12.9. The summed E-state index contributed by atoms with van der Waals surface area (Å²) in [4.78, 5) is 16.0. The first kappa shape index (κ1) is 14.4. The highest BCUT2D eigenvalue weighted by Crippen LogP contribution is 2.24. The molecular weight excluding hydrogens is 258 g/mol. The number of hydrogen-bond acceptors (Lipinski definition) is 7. The molecule has 0 amide bonds. The van der Waals surface area contributed by atoms with Gasteiger partial charge in [0.15, 0.2) is 4.34 Å². The van der Waals surface area contributed by atoms with Crippen LogP contribution in [0.15, 0.2) is 4.34 Å². The molecule has 1 aromatic rings. The van der Waals surface area contributed by atoms with Gasteiger partial charge in [-0.25, -0.2) is 4.98 Å². The lowest BCUT2D eigenvalue weighted by atomic mass is 10.1. The van der Waals surface area contributed by atoms with Gasteiger partial charge in [0.2, 0.25) is 0 Å². The molecule has 17 heavy (non-hydrogen) atoms. The number of carbonyl (C=O) groups excluding carboxylic acids is 1. The number of aryl methyl sites for hydroxylation is 1. The summed E-state index contributed by atoms with van der Waals surface area (Å²) in [7, 11) is 1.40. The van der Waals surface area contributed by atoms with Crippen LogP contribution in [-0.2, 0) is 9.53 Å². The number of aromatic nitrogens is 2. The summed E-state index contributed by atoms with van der Waals surface area (Å²) in [6.07, 6.45) is 0. The normalized spacial score (nSPS) is 14.4. The summed E-state index contributed by atoms with van der Waals surface area (Å²) in [6.45, 7) is 6.36. The number of hydrogen-bond donors (Lipinski definition) is 1. The molecule has 0 fully saturated rings. The Bertz CT molecular complexity index is 383. The van der Waals surface area contributed by atoms with Crippen LogP contribution in [0.5, 0.6) is 0 Å². The molecular formula is C10H17N3O2S2. The Morgan fingerprint density at radius 1 is 1.65 bits per heavy atom. The van der Waals surface area contributed by atoms with Gasteiger partial charge in [-0.05, 0) is 31.9 Å². The smallest absolute Gasteiger partial charge is 0.326 e. The predicted molar refractivity (Wildman–Crippen MR) is 69.5 cm³/mol. The zero-order valence-electron chi connectivity index (χ0n) is 10.4. The van der Waals surface area contributed by atoms with Crippen molar-refractivity contribution in [1.29, 1.82) is 0 Å². The zero-order valence-corrected chi connectivity index (χ0v) is 12.1. The topological polar surface area (TPSA) is 64.1 Å². The molecule has 1 aromatic heterocycles. The summed E-state index contributed by atoms with van der Waals surface area (Å²) >= 11 is 2.86. The molecule has 0 aliphatic rings. The van der Waals surface area contributed by atoms with Gasteiger partial charge < -0.3 is 10.1 Å². The van der Waals surface area contributed by atoms with Gasteiger partial charge in [0.1, 0.15) is 11.4 Å². The molecule has 0 aromatic carbocycles. The van der Waals surface area contributed by atoms with Crippen molar-refractivity contribution in [2.45, 2.75) is 30.6 Å². The third-order valence-electron chi connectivity index (χ3n) is 2.20. The standard InChI is InChI=1S/C10H17N3O2S2/c1-5-11-10(3,8(14)15-4)6-16-9-12-7(2)13-17-9/h11H,5-6H2,1-4H3. The lowest BCUT2D eigenvalue weighted by Crippen LogP contribution is -2.52. The second-order valence-electron chi connectivity index (χ2n) is 3.75. The van der Waals surface area contributed by atoms with Gasteiger partial charge in [-0.3, -0.25) is 4.79 Å². The molecule has 1 atom stereocenters. The fourth-order valence-corrected chi connectivity index (χ4v) is 3.09. The van der Waals surface area contributed by atoms with Crippen molar-refractivity contribution in [1.82, 2.24) is 14.7 Å². The Labute approximate surface area is 110 Å². The van der Waals surface area contributed by atoms with Crippen LogP contribution in [0.2, 0.25) is 0 Å². The second-order valence-corrected chi connectivity index (χ2v) is 5.72. The first-order chi connectivity index (χ1) is 8.01. The Hall–Kier alpha value is -0.660. The van der Waals surface area contributed by atoms with E-state index in [1.54, 1.807) is 0 Å². The number of methoxy groups -OCH3 is 1. The van der Waals surface area contributed by atoms with Crippen molar-refractivity contribution in [2.75, 3.05) is 19.4 Å². The van der Waals surface area contributed by atoms with Crippen LogP contribution in [-0.4, -0.2) is 40.3 Å². The van der Waals surface area contributed by atoms with Gasteiger partial charge in [-0.2, -0.15) is 4.37 Å². The van der Waals surface area contributed by atoms with E-state index >= 15 is 0 Å². The molecule has 1 rings (SSSR count). The molecule has 1 N–H and O–H groups in total. The molecule has 0 saturated carbocycles. The lowest BCUT2D eigenvalue weighted by molar-refractivity contribution is -0.146. The van der Waals surface area contributed by atoms with Crippen LogP contribution in [0.1, 0.15) is 19.7 Å². The van der Waals surface area contributed by atoms with Crippen LogP contribution in [0.4, 0.5) is 0 Å². The molecule has 1 unspecified atom stereocenters. The fourth-order valence-electron chi connectivity index (χ4n) is 1.34. The number of rotatable bonds is 6. The van der Waals surface area contributed by atoms with Gasteiger partial charge in [0.25, 0.3) is 0 Å². The van der Waals surface area contributed by atoms with Crippen molar-refractivity contribution in [3.05, 3.63) is 5.82 Å². The average molecular weight is 275 g/mol. The summed E-state index contributed by atoms with van der Waals surface area (Å²) in [5.74, 6) is 1.08. The van der Waals surface area contributed by atoms with Crippen molar-refractivity contribution in [3.8, 4) is 0 Å². The highest BCUT2D eigenvalue weighted by Gasteiger charge is 2.33. The van der Waals surface area contributed by atoms with Crippen LogP contribution < -0.4 is 5.32 Å². The van der Waals surface area contributed by atoms with E-state index in [-0.39, 0.29) is 5.97 Å². The van der Waals surface area contributed by atoms with E-state index in [1.807, 2.05) is 20.8 Å². The maximum Gasteiger partial charge on any atom is 0.326 e. The molecule has 0 aliphatic carbocycles. The first-order valence-electron chi connectivity index (χ1n) is 5.28. The van der Waals surface area contributed by atoms with Crippen molar-refractivity contribution >= 4 is 29.3 Å². The number of likely N-dealkylation sites (N-methyl/N-ethyl adjacent to an activating group) is 1. The number of carbonyl (C=O) groups is 1. The molecule has 0 aliphatic heterocycles. The summed E-state index contributed by atoms with van der Waals surface area (Å²) in [5, 5.41) is 3.15. The van der Waals surface area contributed by atoms with Crippen LogP contribution in [0.25, 0.3) is 0 Å². The summed E-state index contributed by atoms with van der Waals surface area (Å²) < 4.78 is 9.79. The van der Waals surface area contributed by atoms with Gasteiger partial charge in [0.05, 0.1) is 7.11 Å². The number of nitrogens with one attached hydrogen (secondary N) is 1. The average Bonchev–Trinajstić information content (AvgIpc) is 2.72. The highest BCUT2D eigenvalue weighted by molar-refractivity contribution is 8.01. The molecule has 0 spiro atoms. The van der Waals surface area contributed by atoms with E-state index in [0.29, 0.717) is 12.3 Å².